The molecule has 146 heavy (non-hydrogen) atoms. The highest BCUT2D eigenvalue weighted by Gasteiger charge is 2.22. The molecule has 0 unspecified atom stereocenters. The molecule has 0 atom stereocenters. The number of nitrogens with zero attached hydrogens (tertiary/aromatic N) is 8. The molecule has 0 saturated heterocycles. The molecule has 7 heterocycles. The van der Waals surface area contributed by atoms with E-state index >= 15 is 0 Å². The van der Waals surface area contributed by atoms with E-state index in [9.17, 15) is 0 Å². The lowest BCUT2D eigenvalue weighted by molar-refractivity contribution is 1.18. The van der Waals surface area contributed by atoms with Crippen LogP contribution in [0.15, 0.2) is 571 Å². The Morgan fingerprint density at radius 2 is 0.363 bits per heavy atom. The van der Waals surface area contributed by atoms with Crippen molar-refractivity contribution in [2.45, 2.75) is 0 Å². The van der Waals surface area contributed by atoms with E-state index in [2.05, 4.69) is 483 Å². The third-order valence-electron chi connectivity index (χ3n) is 26.6. The van der Waals surface area contributed by atoms with Crippen LogP contribution < -0.4 is 0 Å². The van der Waals surface area contributed by atoms with E-state index in [1.165, 1.54) is 66.1 Å². The maximum Gasteiger partial charge on any atom is 0.160 e. The fraction of sp³-hybridized carbons (Fsp3) is 0. The number of hydrogen-bond acceptors (Lipinski definition) is 8. The maximum absolute atomic E-state index is 5.32. The molecule has 0 saturated carbocycles. The van der Waals surface area contributed by atoms with Crippen molar-refractivity contribution in [3.63, 3.8) is 0 Å². The van der Waals surface area contributed by atoms with Crippen LogP contribution in [0.4, 0.5) is 0 Å². The largest absolute Gasteiger partial charge is 0.256 e. The highest BCUT2D eigenvalue weighted by molar-refractivity contribution is 6.02. The van der Waals surface area contributed by atoms with Gasteiger partial charge in [-0.25, -0.2) is 15.0 Å². The summed E-state index contributed by atoms with van der Waals surface area (Å²) >= 11 is 0. The molecule has 0 radical (unpaired) electrons. The van der Waals surface area contributed by atoms with Gasteiger partial charge in [0.15, 0.2) is 5.82 Å². The Hall–Kier alpha value is -19.5. The molecule has 0 fully saturated rings. The van der Waals surface area contributed by atoms with Crippen LogP contribution in [-0.2, 0) is 0 Å². The third-order valence-corrected chi connectivity index (χ3v) is 26.6. The van der Waals surface area contributed by atoms with Gasteiger partial charge < -0.3 is 0 Å². The monoisotopic (exact) mass is 1860 g/mol. The zero-order valence-corrected chi connectivity index (χ0v) is 79.8. The summed E-state index contributed by atoms with van der Waals surface area (Å²) in [5, 5.41) is 4.80. The second-order valence-corrected chi connectivity index (χ2v) is 36.1. The molecule has 0 N–H and O–H groups in total. The minimum absolute atomic E-state index is 0.656. The van der Waals surface area contributed by atoms with Crippen molar-refractivity contribution in [3.8, 4) is 224 Å². The number of aromatic nitrogens is 8. The van der Waals surface area contributed by atoms with E-state index in [0.29, 0.717) is 5.82 Å². The van der Waals surface area contributed by atoms with Gasteiger partial charge in [-0.15, -0.1) is 0 Å². The molecular formula is C138H94N8. The van der Waals surface area contributed by atoms with Crippen LogP contribution in [0.3, 0.4) is 0 Å². The first-order valence-corrected chi connectivity index (χ1v) is 49.2. The highest BCUT2D eigenvalue weighted by Crippen LogP contribution is 2.44. The van der Waals surface area contributed by atoms with Gasteiger partial charge >= 0.3 is 0 Å². The molecule has 0 aliphatic heterocycles. The first-order chi connectivity index (χ1) is 72.3. The second kappa shape index (κ2) is 42.3. The van der Waals surface area contributed by atoms with Crippen molar-refractivity contribution in [3.05, 3.63) is 571 Å². The van der Waals surface area contributed by atoms with E-state index in [0.717, 1.165) is 174 Å². The summed E-state index contributed by atoms with van der Waals surface area (Å²) in [6.07, 6.45) is 9.41. The Morgan fingerprint density at radius 3 is 0.733 bits per heavy atom. The van der Waals surface area contributed by atoms with Crippen LogP contribution in [0.5, 0.6) is 0 Å². The van der Waals surface area contributed by atoms with E-state index in [4.69, 9.17) is 29.9 Å². The second-order valence-electron chi connectivity index (χ2n) is 36.1. The van der Waals surface area contributed by atoms with Crippen molar-refractivity contribution < 1.29 is 0 Å². The summed E-state index contributed by atoms with van der Waals surface area (Å²) in [4.78, 5) is 39.6. The smallest absolute Gasteiger partial charge is 0.160 e. The number of rotatable bonds is 20. The average Bonchev–Trinajstić information content (AvgIpc) is 0.754. The van der Waals surface area contributed by atoms with Crippen molar-refractivity contribution in [2.24, 2.45) is 0 Å². The van der Waals surface area contributed by atoms with E-state index in [-0.39, 0.29) is 0 Å². The van der Waals surface area contributed by atoms with Crippen LogP contribution in [0.2, 0.25) is 0 Å². The Bertz CT molecular complexity index is 8450. The quantitative estimate of drug-likeness (QED) is 0.0743. The standard InChI is InChI=1S/C52H34N4.C45H31N3.C41H29N/c1-3-15-44-35(11-1)13-9-17-46(44)41-31-42(47-18-10-14-36-12-2-4-16-45(36)47)33-43(32-41)52-55-50(39-25-21-37(22-26-39)48-19-5-7-29-53-48)34-51(56-52)40-27-23-38(24-28-40)49-20-6-8-30-54-49;1-5-13-32(14-6-1)36-21-23-46-42(28-36)40-25-38(26-41(27-40)43-29-37(22-24-47-43)33-15-7-2-8-16-33)39-30-44(34-17-9-3-10-18-34)48-45(31-39)35-19-11-4-12-20-35;1-5-13-30(14-6-1)34-21-22-41(42-29-34)40-27-37(33-19-11-4-12-20-33)26-39(28-40)38-24-35(31-15-7-2-8-16-31)23-36(25-38)32-17-9-3-10-18-32/h1-34H;1-31H;1-29H. The van der Waals surface area contributed by atoms with Gasteiger partial charge in [0.05, 0.1) is 51.2 Å². The summed E-state index contributed by atoms with van der Waals surface area (Å²) in [6.45, 7) is 0. The summed E-state index contributed by atoms with van der Waals surface area (Å²) in [7, 11) is 0. The molecule has 7 aromatic heterocycles. The van der Waals surface area contributed by atoms with Crippen molar-refractivity contribution in [1.29, 1.82) is 0 Å². The summed E-state index contributed by atoms with van der Waals surface area (Å²) in [6, 6.07) is 189. The van der Waals surface area contributed by atoms with Gasteiger partial charge in [0.25, 0.3) is 0 Å². The van der Waals surface area contributed by atoms with Gasteiger partial charge in [-0.05, 0) is 273 Å². The molecule has 0 aliphatic rings. The van der Waals surface area contributed by atoms with Gasteiger partial charge in [-0.1, -0.05) is 394 Å². The number of benzene rings is 18. The first-order valence-electron chi connectivity index (χ1n) is 49.2. The van der Waals surface area contributed by atoms with Crippen LogP contribution in [0.1, 0.15) is 0 Å². The first kappa shape index (κ1) is 90.3. The summed E-state index contributed by atoms with van der Waals surface area (Å²) in [5.74, 6) is 0.656. The Balaban J connectivity index is 0.000000122. The van der Waals surface area contributed by atoms with Crippen LogP contribution in [0, 0.1) is 0 Å². The Morgan fingerprint density at radius 1 is 0.110 bits per heavy atom. The van der Waals surface area contributed by atoms with Gasteiger partial charge in [0.2, 0.25) is 0 Å². The topological polar surface area (TPSA) is 103 Å². The third kappa shape index (κ3) is 20.5. The highest BCUT2D eigenvalue weighted by atomic mass is 14.9. The van der Waals surface area contributed by atoms with E-state index in [1.807, 2.05) is 97.7 Å². The Labute approximate surface area is 850 Å². The predicted octanol–water partition coefficient (Wildman–Crippen LogP) is 35.9. The molecule has 8 nitrogen and oxygen atoms in total. The van der Waals surface area contributed by atoms with Crippen molar-refractivity contribution in [2.75, 3.05) is 0 Å². The fourth-order valence-corrected chi connectivity index (χ4v) is 19.2. The molecule has 8 heteroatoms. The van der Waals surface area contributed by atoms with Gasteiger partial charge in [0, 0.05) is 92.2 Å². The zero-order chi connectivity index (χ0) is 97.5. The lowest BCUT2D eigenvalue weighted by Gasteiger charge is -2.15. The molecule has 0 aliphatic carbocycles. The normalized spacial score (nSPS) is 11.0. The molecular weight excluding hydrogens is 1770 g/mol. The zero-order valence-electron chi connectivity index (χ0n) is 79.8. The molecule has 686 valence electrons. The van der Waals surface area contributed by atoms with Crippen molar-refractivity contribution in [1.82, 2.24) is 39.9 Å². The SMILES string of the molecule is c1ccc(-c2ccc(-c3cc(-c4ccc(-c5ccccn5)cc4)nc(-c4cc(-c5cccc6ccccc56)cc(-c5cccc6ccccc56)c4)n3)cc2)nc1.c1ccc(-c2ccc(-c3cc(-c4ccccc4)cc(-c4cc(-c5ccccc5)cc(-c5ccccc5)c4)c3)nc2)cc1.c1ccc(-c2ccnc(-c3cc(-c4cc(-c5ccccc5)nc(-c5ccccc5)c4)cc(-c4cc(-c5ccccc5)ccn4)c3)c2)cc1. The summed E-state index contributed by atoms with van der Waals surface area (Å²) in [5.41, 5.74) is 41.5. The summed E-state index contributed by atoms with van der Waals surface area (Å²) < 4.78 is 0. The van der Waals surface area contributed by atoms with Crippen LogP contribution in [-0.4, -0.2) is 39.9 Å². The molecule has 0 amide bonds. The molecule has 25 aromatic rings. The number of hydrogen-bond donors (Lipinski definition) is 0. The minimum atomic E-state index is 0.656. The van der Waals surface area contributed by atoms with Crippen LogP contribution >= 0.6 is 0 Å². The Kier molecular flexibility index (Phi) is 26.1. The minimum Gasteiger partial charge on any atom is -0.256 e. The molecule has 18 aromatic carbocycles. The number of pyridine rings is 6. The average molecular weight is 1860 g/mol. The lowest BCUT2D eigenvalue weighted by atomic mass is 9.90. The molecule has 0 bridgehead atoms. The van der Waals surface area contributed by atoms with Crippen LogP contribution in [0.25, 0.3) is 246 Å². The van der Waals surface area contributed by atoms with Crippen molar-refractivity contribution >= 4 is 21.5 Å². The molecule has 25 rings (SSSR count). The van der Waals surface area contributed by atoms with Gasteiger partial charge in [0.1, 0.15) is 0 Å². The molecule has 0 spiro atoms. The fourth-order valence-electron chi connectivity index (χ4n) is 19.2. The lowest BCUT2D eigenvalue weighted by Crippen LogP contribution is -1.97. The van der Waals surface area contributed by atoms with Gasteiger partial charge in [-0.3, -0.25) is 24.9 Å². The van der Waals surface area contributed by atoms with E-state index < -0.39 is 0 Å². The predicted molar refractivity (Wildman–Crippen MR) is 605 cm³/mol. The van der Waals surface area contributed by atoms with E-state index in [1.54, 1.807) is 0 Å². The van der Waals surface area contributed by atoms with Gasteiger partial charge in [-0.2, -0.15) is 0 Å². The number of fused-ring (bicyclic) bond motifs is 2. The maximum atomic E-state index is 5.32.